The molecule has 0 aromatic heterocycles. The number of halogens is 1. The predicted molar refractivity (Wildman–Crippen MR) is 62.6 cm³/mol. The molecular weight excluding hydrogens is 207 g/mol. The van der Waals surface area contributed by atoms with Crippen molar-refractivity contribution >= 4 is 11.6 Å². The van der Waals surface area contributed by atoms with Crippen molar-refractivity contribution in [2.75, 3.05) is 5.32 Å². The Morgan fingerprint density at radius 3 is 2.94 bits per heavy atom. The normalized spacial score (nSPS) is 11.9. The van der Waals surface area contributed by atoms with E-state index < -0.39 is 6.04 Å². The molecule has 1 aromatic carbocycles. The summed E-state index contributed by atoms with van der Waals surface area (Å²) in [6, 6.07) is 3.54. The van der Waals surface area contributed by atoms with Gasteiger partial charge >= 0.3 is 0 Å². The van der Waals surface area contributed by atoms with Gasteiger partial charge in [0.05, 0.1) is 6.04 Å². The number of nitrogens with one attached hydrogen (secondary N) is 1. The second-order valence-electron chi connectivity index (χ2n) is 3.58. The average Bonchev–Trinajstić information content (AvgIpc) is 2.22. The van der Waals surface area contributed by atoms with Crippen LogP contribution in [0.5, 0.6) is 0 Å². The highest BCUT2D eigenvalue weighted by molar-refractivity contribution is 5.95. The van der Waals surface area contributed by atoms with Gasteiger partial charge in [0, 0.05) is 5.69 Å². The van der Waals surface area contributed by atoms with Crippen molar-refractivity contribution in [1.29, 1.82) is 0 Å². The Bertz CT molecular complexity index is 404. The third kappa shape index (κ3) is 3.17. The van der Waals surface area contributed by atoms with Gasteiger partial charge in [0.25, 0.3) is 0 Å². The van der Waals surface area contributed by atoms with Crippen LogP contribution in [0.1, 0.15) is 12.0 Å². The minimum absolute atomic E-state index is 0.297. The number of benzene rings is 1. The first kappa shape index (κ1) is 12.4. The Hall–Kier alpha value is -1.68. The lowest BCUT2D eigenvalue weighted by Gasteiger charge is -2.12. The van der Waals surface area contributed by atoms with Crippen LogP contribution < -0.4 is 11.1 Å². The van der Waals surface area contributed by atoms with E-state index in [9.17, 15) is 9.18 Å². The smallest absolute Gasteiger partial charge is 0.241 e. The Kier molecular flexibility index (Phi) is 4.19. The fourth-order valence-electron chi connectivity index (χ4n) is 1.28. The van der Waals surface area contributed by atoms with Gasteiger partial charge in [0.1, 0.15) is 5.82 Å². The Balaban J connectivity index is 2.73. The molecule has 1 atom stereocenters. The molecule has 0 aliphatic carbocycles. The van der Waals surface area contributed by atoms with E-state index in [-0.39, 0.29) is 11.7 Å². The fourth-order valence-corrected chi connectivity index (χ4v) is 1.28. The summed E-state index contributed by atoms with van der Waals surface area (Å²) in [5.41, 5.74) is 6.84. The average molecular weight is 222 g/mol. The predicted octanol–water partition coefficient (Wildman–Crippen LogP) is 1.98. The molecule has 1 unspecified atom stereocenters. The van der Waals surface area contributed by atoms with Crippen LogP contribution in [0.25, 0.3) is 0 Å². The Labute approximate surface area is 94.1 Å². The van der Waals surface area contributed by atoms with Crippen LogP contribution in [0.15, 0.2) is 30.9 Å². The number of carbonyl (C=O) groups excluding carboxylic acids is 1. The van der Waals surface area contributed by atoms with Crippen LogP contribution in [0.2, 0.25) is 0 Å². The first-order chi connectivity index (χ1) is 7.54. The zero-order chi connectivity index (χ0) is 12.1. The molecule has 0 aliphatic rings. The quantitative estimate of drug-likeness (QED) is 0.765. The van der Waals surface area contributed by atoms with E-state index in [1.165, 1.54) is 18.2 Å². The number of nitrogens with two attached hydrogens (primary N) is 1. The highest BCUT2D eigenvalue weighted by Crippen LogP contribution is 2.15. The third-order valence-corrected chi connectivity index (χ3v) is 2.20. The summed E-state index contributed by atoms with van der Waals surface area (Å²) >= 11 is 0. The van der Waals surface area contributed by atoms with Crippen molar-refractivity contribution in [3.05, 3.63) is 42.2 Å². The molecule has 0 saturated carbocycles. The van der Waals surface area contributed by atoms with Crippen molar-refractivity contribution in [2.24, 2.45) is 5.73 Å². The summed E-state index contributed by atoms with van der Waals surface area (Å²) in [6.45, 7) is 5.23. The first-order valence-corrected chi connectivity index (χ1v) is 4.98. The molecule has 3 nitrogen and oxygen atoms in total. The van der Waals surface area contributed by atoms with Gasteiger partial charge in [-0.05, 0) is 37.1 Å². The summed E-state index contributed by atoms with van der Waals surface area (Å²) in [6.07, 6.45) is 1.99. The molecule has 0 radical (unpaired) electrons. The molecule has 1 aromatic rings. The standard InChI is InChI=1S/C12H15FN2O/c1-3-4-10(14)12(16)15-11-6-5-9(13)7-8(11)2/h3,5-7,10H,1,4,14H2,2H3,(H,15,16). The van der Waals surface area contributed by atoms with E-state index in [0.29, 0.717) is 17.7 Å². The number of carbonyl (C=O) groups is 1. The number of amides is 1. The van der Waals surface area contributed by atoms with E-state index in [2.05, 4.69) is 11.9 Å². The maximum Gasteiger partial charge on any atom is 0.241 e. The molecule has 0 spiro atoms. The van der Waals surface area contributed by atoms with Crippen molar-refractivity contribution in [1.82, 2.24) is 0 Å². The lowest BCUT2D eigenvalue weighted by atomic mass is 10.1. The van der Waals surface area contributed by atoms with Gasteiger partial charge in [-0.2, -0.15) is 0 Å². The van der Waals surface area contributed by atoms with Gasteiger partial charge in [-0.3, -0.25) is 4.79 Å². The lowest BCUT2D eigenvalue weighted by Crippen LogP contribution is -2.35. The fraction of sp³-hybridized carbons (Fsp3) is 0.250. The molecule has 16 heavy (non-hydrogen) atoms. The van der Waals surface area contributed by atoms with Gasteiger partial charge in [0.2, 0.25) is 5.91 Å². The Morgan fingerprint density at radius 2 is 2.38 bits per heavy atom. The van der Waals surface area contributed by atoms with E-state index in [0.717, 1.165) is 0 Å². The highest BCUT2D eigenvalue weighted by Gasteiger charge is 2.12. The van der Waals surface area contributed by atoms with Gasteiger partial charge < -0.3 is 11.1 Å². The number of hydrogen-bond donors (Lipinski definition) is 2. The summed E-state index contributed by atoms with van der Waals surface area (Å²) in [4.78, 5) is 11.6. The van der Waals surface area contributed by atoms with Crippen molar-refractivity contribution in [3.63, 3.8) is 0 Å². The van der Waals surface area contributed by atoms with E-state index >= 15 is 0 Å². The second-order valence-corrected chi connectivity index (χ2v) is 3.58. The number of rotatable bonds is 4. The molecule has 0 heterocycles. The molecule has 0 fully saturated rings. The van der Waals surface area contributed by atoms with Crippen LogP contribution >= 0.6 is 0 Å². The second kappa shape index (κ2) is 5.42. The number of anilines is 1. The van der Waals surface area contributed by atoms with Crippen LogP contribution in [0, 0.1) is 12.7 Å². The molecule has 0 saturated heterocycles. The SMILES string of the molecule is C=CCC(N)C(=O)Nc1ccc(F)cc1C. The van der Waals surface area contributed by atoms with Gasteiger partial charge in [-0.15, -0.1) is 6.58 Å². The van der Waals surface area contributed by atoms with Crippen molar-refractivity contribution in [2.45, 2.75) is 19.4 Å². The molecule has 3 N–H and O–H groups in total. The van der Waals surface area contributed by atoms with Gasteiger partial charge in [-0.25, -0.2) is 4.39 Å². The summed E-state index contributed by atoms with van der Waals surface area (Å²) in [5, 5.41) is 2.64. The maximum atomic E-state index is 12.8. The monoisotopic (exact) mass is 222 g/mol. The zero-order valence-electron chi connectivity index (χ0n) is 9.16. The van der Waals surface area contributed by atoms with Crippen molar-refractivity contribution < 1.29 is 9.18 Å². The molecule has 0 bridgehead atoms. The minimum Gasteiger partial charge on any atom is -0.324 e. The number of hydrogen-bond acceptors (Lipinski definition) is 2. The van der Waals surface area contributed by atoms with E-state index in [1.807, 2.05) is 0 Å². The lowest BCUT2D eigenvalue weighted by molar-refractivity contribution is -0.117. The topological polar surface area (TPSA) is 55.1 Å². The molecule has 4 heteroatoms. The van der Waals surface area contributed by atoms with Gasteiger partial charge in [0.15, 0.2) is 0 Å². The van der Waals surface area contributed by atoms with Crippen molar-refractivity contribution in [3.8, 4) is 0 Å². The maximum absolute atomic E-state index is 12.8. The highest BCUT2D eigenvalue weighted by atomic mass is 19.1. The molecule has 1 amide bonds. The van der Waals surface area contributed by atoms with Crippen LogP contribution in [0.4, 0.5) is 10.1 Å². The van der Waals surface area contributed by atoms with E-state index in [4.69, 9.17) is 5.73 Å². The zero-order valence-corrected chi connectivity index (χ0v) is 9.16. The van der Waals surface area contributed by atoms with Crippen LogP contribution in [0.3, 0.4) is 0 Å². The molecular formula is C12H15FN2O. The van der Waals surface area contributed by atoms with Crippen LogP contribution in [-0.4, -0.2) is 11.9 Å². The summed E-state index contributed by atoms with van der Waals surface area (Å²) < 4.78 is 12.8. The first-order valence-electron chi connectivity index (χ1n) is 4.98. The minimum atomic E-state index is -0.623. The molecule has 0 aliphatic heterocycles. The Morgan fingerprint density at radius 1 is 1.69 bits per heavy atom. The van der Waals surface area contributed by atoms with Gasteiger partial charge in [-0.1, -0.05) is 6.08 Å². The largest absolute Gasteiger partial charge is 0.324 e. The molecule has 1 rings (SSSR count). The van der Waals surface area contributed by atoms with E-state index in [1.54, 1.807) is 13.0 Å². The number of aryl methyl sites for hydroxylation is 1. The van der Waals surface area contributed by atoms with Crippen LogP contribution in [-0.2, 0) is 4.79 Å². The summed E-state index contributed by atoms with van der Waals surface area (Å²) in [5.74, 6) is -0.625. The third-order valence-electron chi connectivity index (χ3n) is 2.20. The molecule has 86 valence electrons. The summed E-state index contributed by atoms with van der Waals surface area (Å²) in [7, 11) is 0.